The van der Waals surface area contributed by atoms with Crippen molar-refractivity contribution in [3.05, 3.63) is 78.6 Å². The number of benzene rings is 2. The summed E-state index contributed by atoms with van der Waals surface area (Å²) in [4.78, 5) is 16.7. The van der Waals surface area contributed by atoms with Crippen molar-refractivity contribution in [2.75, 3.05) is 17.2 Å². The number of aromatic nitrogens is 1. The summed E-state index contributed by atoms with van der Waals surface area (Å²) in [6.07, 6.45) is 3.21. The second-order valence-electron chi connectivity index (χ2n) is 5.34. The predicted molar refractivity (Wildman–Crippen MR) is 99.5 cm³/mol. The second kappa shape index (κ2) is 7.97. The maximum atomic E-state index is 12.5. The zero-order valence-electron chi connectivity index (χ0n) is 13.9. The molecular weight excluding hydrogens is 314 g/mol. The normalized spacial score (nSPS) is 10.1. The number of para-hydroxylation sites is 3. The molecule has 0 atom stereocenters. The van der Waals surface area contributed by atoms with Crippen molar-refractivity contribution in [1.82, 2.24) is 4.98 Å². The SMILES string of the molecule is CCOc1ccccc1NC(=O)c1cncc(Nc2ccccc2)c1. The lowest BCUT2D eigenvalue weighted by Crippen LogP contribution is -2.13. The first-order chi connectivity index (χ1) is 12.3. The van der Waals surface area contributed by atoms with Crippen molar-refractivity contribution in [2.45, 2.75) is 6.92 Å². The topological polar surface area (TPSA) is 63.2 Å². The molecule has 0 fully saturated rings. The summed E-state index contributed by atoms with van der Waals surface area (Å²) in [5.41, 5.74) is 2.78. The Labute approximate surface area is 146 Å². The Bertz CT molecular complexity index is 850. The third-order valence-electron chi connectivity index (χ3n) is 3.50. The number of carbonyl (C=O) groups excluding carboxylic acids is 1. The first kappa shape index (κ1) is 16.5. The largest absolute Gasteiger partial charge is 0.492 e. The summed E-state index contributed by atoms with van der Waals surface area (Å²) in [7, 11) is 0. The van der Waals surface area contributed by atoms with E-state index in [9.17, 15) is 4.79 Å². The summed E-state index contributed by atoms with van der Waals surface area (Å²) in [5.74, 6) is 0.404. The van der Waals surface area contributed by atoms with Gasteiger partial charge in [0.05, 0.1) is 29.7 Å². The van der Waals surface area contributed by atoms with Crippen LogP contribution in [0.1, 0.15) is 17.3 Å². The maximum Gasteiger partial charge on any atom is 0.257 e. The fourth-order valence-corrected chi connectivity index (χ4v) is 2.37. The van der Waals surface area contributed by atoms with Gasteiger partial charge < -0.3 is 15.4 Å². The smallest absolute Gasteiger partial charge is 0.257 e. The highest BCUT2D eigenvalue weighted by Crippen LogP contribution is 2.24. The molecule has 3 rings (SSSR count). The van der Waals surface area contributed by atoms with E-state index in [4.69, 9.17) is 4.74 Å². The van der Waals surface area contributed by atoms with Gasteiger partial charge >= 0.3 is 0 Å². The van der Waals surface area contributed by atoms with Crippen LogP contribution in [0, 0.1) is 0 Å². The molecule has 0 aliphatic rings. The van der Waals surface area contributed by atoms with Crippen molar-refractivity contribution in [3.63, 3.8) is 0 Å². The van der Waals surface area contributed by atoms with Gasteiger partial charge in [-0.2, -0.15) is 0 Å². The fraction of sp³-hybridized carbons (Fsp3) is 0.100. The standard InChI is InChI=1S/C20H19N3O2/c1-2-25-19-11-7-6-10-18(19)23-20(24)15-12-17(14-21-13-15)22-16-8-4-3-5-9-16/h3-14,22H,2H2,1H3,(H,23,24). The molecule has 0 spiro atoms. The Balaban J connectivity index is 1.76. The average Bonchev–Trinajstić information content (AvgIpc) is 2.64. The van der Waals surface area contributed by atoms with Crippen LogP contribution in [0.15, 0.2) is 73.1 Å². The molecule has 0 aliphatic heterocycles. The van der Waals surface area contributed by atoms with Gasteiger partial charge in [-0.15, -0.1) is 0 Å². The van der Waals surface area contributed by atoms with Crippen molar-refractivity contribution >= 4 is 23.0 Å². The van der Waals surface area contributed by atoms with Crippen LogP contribution in [0.25, 0.3) is 0 Å². The number of amides is 1. The Morgan fingerprint density at radius 2 is 1.76 bits per heavy atom. The highest BCUT2D eigenvalue weighted by molar-refractivity contribution is 6.05. The number of pyridine rings is 1. The van der Waals surface area contributed by atoms with Gasteiger partial charge in [-0.25, -0.2) is 0 Å². The summed E-state index contributed by atoms with van der Waals surface area (Å²) >= 11 is 0. The van der Waals surface area contributed by atoms with Crippen LogP contribution in [0.3, 0.4) is 0 Å². The van der Waals surface area contributed by atoms with E-state index in [0.717, 1.165) is 11.4 Å². The lowest BCUT2D eigenvalue weighted by atomic mass is 10.2. The summed E-state index contributed by atoms with van der Waals surface area (Å²) in [5, 5.41) is 6.10. The summed E-state index contributed by atoms with van der Waals surface area (Å²) in [6, 6.07) is 18.8. The number of hydrogen-bond donors (Lipinski definition) is 2. The monoisotopic (exact) mass is 333 g/mol. The Kier molecular flexibility index (Phi) is 5.26. The van der Waals surface area contributed by atoms with Gasteiger partial charge in [0.25, 0.3) is 5.91 Å². The van der Waals surface area contributed by atoms with Crippen molar-refractivity contribution in [1.29, 1.82) is 0 Å². The third-order valence-corrected chi connectivity index (χ3v) is 3.50. The Hall–Kier alpha value is -3.34. The Morgan fingerprint density at radius 1 is 1.00 bits per heavy atom. The zero-order valence-corrected chi connectivity index (χ0v) is 13.9. The van der Waals surface area contributed by atoms with E-state index in [1.54, 1.807) is 12.3 Å². The van der Waals surface area contributed by atoms with Gasteiger partial charge in [0.1, 0.15) is 5.75 Å². The molecule has 0 radical (unpaired) electrons. The minimum Gasteiger partial charge on any atom is -0.492 e. The molecule has 2 aromatic carbocycles. The minimum absolute atomic E-state index is 0.239. The third kappa shape index (κ3) is 4.35. The highest BCUT2D eigenvalue weighted by atomic mass is 16.5. The molecule has 0 saturated heterocycles. The summed E-state index contributed by atoms with van der Waals surface area (Å²) in [6.45, 7) is 2.44. The van der Waals surface area contributed by atoms with Gasteiger partial charge in [0.15, 0.2) is 0 Å². The van der Waals surface area contributed by atoms with Crippen molar-refractivity contribution in [2.24, 2.45) is 0 Å². The van der Waals surface area contributed by atoms with Crippen molar-refractivity contribution in [3.8, 4) is 5.75 Å². The lowest BCUT2D eigenvalue weighted by Gasteiger charge is -2.12. The molecular formula is C20H19N3O2. The van der Waals surface area contributed by atoms with Crippen LogP contribution >= 0.6 is 0 Å². The quantitative estimate of drug-likeness (QED) is 0.698. The molecule has 5 heteroatoms. The van der Waals surface area contributed by atoms with E-state index in [1.165, 1.54) is 6.20 Å². The zero-order chi connectivity index (χ0) is 17.5. The molecule has 1 aromatic heterocycles. The molecule has 2 N–H and O–H groups in total. The first-order valence-electron chi connectivity index (χ1n) is 8.06. The molecule has 0 aliphatic carbocycles. The van der Waals surface area contributed by atoms with Gasteiger partial charge in [0.2, 0.25) is 0 Å². The molecule has 0 bridgehead atoms. The summed E-state index contributed by atoms with van der Waals surface area (Å²) < 4.78 is 5.53. The predicted octanol–water partition coefficient (Wildman–Crippen LogP) is 4.48. The molecule has 1 heterocycles. The van der Waals surface area contributed by atoms with Crippen LogP contribution in [0.2, 0.25) is 0 Å². The molecule has 0 saturated carbocycles. The molecule has 1 amide bonds. The maximum absolute atomic E-state index is 12.5. The number of ether oxygens (including phenoxy) is 1. The van der Waals surface area contributed by atoms with Crippen LogP contribution in [0.5, 0.6) is 5.75 Å². The molecule has 126 valence electrons. The van der Waals surface area contributed by atoms with Crippen molar-refractivity contribution < 1.29 is 9.53 Å². The highest BCUT2D eigenvalue weighted by Gasteiger charge is 2.10. The number of anilines is 3. The number of nitrogens with zero attached hydrogens (tertiary/aromatic N) is 1. The van der Waals surface area contributed by atoms with Gasteiger partial charge in [-0.3, -0.25) is 9.78 Å². The van der Waals surface area contributed by atoms with Crippen LogP contribution in [0.4, 0.5) is 17.1 Å². The van der Waals surface area contributed by atoms with Gasteiger partial charge in [-0.1, -0.05) is 30.3 Å². The number of hydrogen-bond acceptors (Lipinski definition) is 4. The average molecular weight is 333 g/mol. The number of nitrogens with one attached hydrogen (secondary N) is 2. The minimum atomic E-state index is -0.239. The van der Waals surface area contributed by atoms with Gasteiger partial charge in [0, 0.05) is 11.9 Å². The molecule has 3 aromatic rings. The van der Waals surface area contributed by atoms with E-state index in [0.29, 0.717) is 23.6 Å². The van der Waals surface area contributed by atoms with Crippen LogP contribution in [-0.2, 0) is 0 Å². The van der Waals surface area contributed by atoms with E-state index in [-0.39, 0.29) is 5.91 Å². The fourth-order valence-electron chi connectivity index (χ4n) is 2.37. The van der Waals surface area contributed by atoms with Gasteiger partial charge in [-0.05, 0) is 37.3 Å². The lowest BCUT2D eigenvalue weighted by molar-refractivity contribution is 0.102. The Morgan fingerprint density at radius 3 is 2.56 bits per heavy atom. The first-order valence-corrected chi connectivity index (χ1v) is 8.06. The second-order valence-corrected chi connectivity index (χ2v) is 5.34. The number of rotatable bonds is 6. The van der Waals surface area contributed by atoms with Crippen LogP contribution < -0.4 is 15.4 Å². The molecule has 25 heavy (non-hydrogen) atoms. The van der Waals surface area contributed by atoms with Crippen LogP contribution in [-0.4, -0.2) is 17.5 Å². The van der Waals surface area contributed by atoms with E-state index in [2.05, 4.69) is 15.6 Å². The van der Waals surface area contributed by atoms with E-state index in [1.807, 2.05) is 61.5 Å². The van der Waals surface area contributed by atoms with E-state index < -0.39 is 0 Å². The number of carbonyl (C=O) groups is 1. The van der Waals surface area contributed by atoms with E-state index >= 15 is 0 Å². The molecule has 0 unspecified atom stereocenters. The molecule has 5 nitrogen and oxygen atoms in total.